The number of carbonyl (C=O) groups excluding carboxylic acids is 3. The summed E-state index contributed by atoms with van der Waals surface area (Å²) in [7, 11) is 1.18. The van der Waals surface area contributed by atoms with Gasteiger partial charge in [0, 0.05) is 12.1 Å². The van der Waals surface area contributed by atoms with Crippen LogP contribution in [0.3, 0.4) is 0 Å². The second kappa shape index (κ2) is 9.31. The number of non-ortho nitro benzene ring substituents is 1. The highest BCUT2D eigenvalue weighted by molar-refractivity contribution is 7.18. The van der Waals surface area contributed by atoms with E-state index in [1.165, 1.54) is 50.4 Å². The summed E-state index contributed by atoms with van der Waals surface area (Å²) in [4.78, 5) is 46.6. The molecule has 2 aromatic heterocycles. The molecular weight excluding hydrogens is 442 g/mol. The van der Waals surface area contributed by atoms with Gasteiger partial charge in [-0.2, -0.15) is 0 Å². The Morgan fingerprint density at radius 2 is 1.88 bits per heavy atom. The fraction of sp³-hybridized carbons (Fsp3) is 0.150. The number of amides is 2. The van der Waals surface area contributed by atoms with E-state index in [1.807, 2.05) is 0 Å². The Bertz CT molecular complexity index is 1200. The molecule has 0 saturated heterocycles. The number of hydrogen-bond acceptors (Lipinski definition) is 9. The minimum Gasteiger partial charge on any atom is -0.486 e. The van der Waals surface area contributed by atoms with Gasteiger partial charge in [-0.3, -0.25) is 19.7 Å². The van der Waals surface area contributed by atoms with Gasteiger partial charge in [0.1, 0.15) is 23.1 Å². The van der Waals surface area contributed by atoms with Crippen LogP contribution in [0.5, 0.6) is 5.75 Å². The highest BCUT2D eigenvalue weighted by atomic mass is 32.1. The fourth-order valence-electron chi connectivity index (χ4n) is 2.75. The van der Waals surface area contributed by atoms with Gasteiger partial charge < -0.3 is 24.9 Å². The van der Waals surface area contributed by atoms with Gasteiger partial charge in [-0.25, -0.2) is 4.79 Å². The van der Waals surface area contributed by atoms with E-state index >= 15 is 0 Å². The molecule has 12 heteroatoms. The van der Waals surface area contributed by atoms with Crippen LogP contribution in [0.25, 0.3) is 0 Å². The van der Waals surface area contributed by atoms with E-state index < -0.39 is 22.7 Å². The van der Waals surface area contributed by atoms with Crippen molar-refractivity contribution < 1.29 is 33.2 Å². The predicted molar refractivity (Wildman–Crippen MR) is 113 cm³/mol. The van der Waals surface area contributed by atoms with Gasteiger partial charge in [-0.15, -0.1) is 11.3 Å². The normalized spacial score (nSPS) is 10.4. The zero-order valence-electron chi connectivity index (χ0n) is 16.9. The molecule has 0 saturated carbocycles. The summed E-state index contributed by atoms with van der Waals surface area (Å²) in [6, 6.07) is 8.43. The Kier molecular flexibility index (Phi) is 6.54. The van der Waals surface area contributed by atoms with Crippen molar-refractivity contribution in [2.45, 2.75) is 13.5 Å². The summed E-state index contributed by atoms with van der Waals surface area (Å²) in [6.45, 7) is 1.50. The second-order valence-corrected chi connectivity index (χ2v) is 7.40. The molecule has 11 nitrogen and oxygen atoms in total. The molecule has 2 heterocycles. The first-order chi connectivity index (χ1) is 15.2. The molecule has 1 aromatic carbocycles. The van der Waals surface area contributed by atoms with Crippen molar-refractivity contribution in [2.75, 3.05) is 12.4 Å². The van der Waals surface area contributed by atoms with Crippen molar-refractivity contribution in [1.29, 1.82) is 0 Å². The van der Waals surface area contributed by atoms with Gasteiger partial charge in [-0.1, -0.05) is 0 Å². The van der Waals surface area contributed by atoms with E-state index in [4.69, 9.17) is 19.6 Å². The minimum absolute atomic E-state index is 0.0254. The summed E-state index contributed by atoms with van der Waals surface area (Å²) < 4.78 is 15.7. The molecule has 0 spiro atoms. The molecule has 3 aromatic rings. The van der Waals surface area contributed by atoms with Crippen LogP contribution in [0.1, 0.15) is 41.9 Å². The molecular formula is C20H17N3O8S. The third-order valence-electron chi connectivity index (χ3n) is 4.30. The van der Waals surface area contributed by atoms with Crippen molar-refractivity contribution in [3.8, 4) is 5.75 Å². The Morgan fingerprint density at radius 3 is 2.47 bits per heavy atom. The number of anilines is 1. The molecule has 0 aliphatic rings. The quantitative estimate of drug-likeness (QED) is 0.294. The van der Waals surface area contributed by atoms with Crippen molar-refractivity contribution >= 4 is 39.8 Å². The number of nitrogens with one attached hydrogen (secondary N) is 1. The lowest BCUT2D eigenvalue weighted by Gasteiger charge is -2.05. The average molecular weight is 459 g/mol. The number of nitro benzene ring substituents is 1. The molecule has 0 fully saturated rings. The van der Waals surface area contributed by atoms with Crippen LogP contribution < -0.4 is 15.8 Å². The molecule has 0 aliphatic heterocycles. The van der Waals surface area contributed by atoms with Crippen molar-refractivity contribution in [2.24, 2.45) is 5.73 Å². The lowest BCUT2D eigenvalue weighted by molar-refractivity contribution is -0.384. The van der Waals surface area contributed by atoms with E-state index in [1.54, 1.807) is 0 Å². The number of esters is 1. The Morgan fingerprint density at radius 1 is 1.19 bits per heavy atom. The lowest BCUT2D eigenvalue weighted by atomic mass is 10.1. The summed E-state index contributed by atoms with van der Waals surface area (Å²) in [5.41, 5.74) is 5.60. The van der Waals surface area contributed by atoms with Gasteiger partial charge in [0.25, 0.3) is 17.5 Å². The molecule has 3 rings (SSSR count). The number of hydrogen-bond donors (Lipinski definition) is 2. The molecule has 0 atom stereocenters. The molecule has 3 N–H and O–H groups in total. The van der Waals surface area contributed by atoms with Crippen LogP contribution in [0.4, 0.5) is 10.7 Å². The van der Waals surface area contributed by atoms with Crippen LogP contribution >= 0.6 is 11.3 Å². The van der Waals surface area contributed by atoms with Gasteiger partial charge in [0.05, 0.1) is 22.5 Å². The van der Waals surface area contributed by atoms with Gasteiger partial charge >= 0.3 is 5.97 Å². The zero-order chi connectivity index (χ0) is 23.4. The number of furan rings is 1. The number of nitro groups is 1. The smallest absolute Gasteiger partial charge is 0.341 e. The third-order valence-corrected chi connectivity index (χ3v) is 5.52. The minimum atomic E-state index is -0.734. The molecule has 2 amide bonds. The monoisotopic (exact) mass is 459 g/mol. The number of methoxy groups -OCH3 is 1. The van der Waals surface area contributed by atoms with Crippen LogP contribution in [-0.4, -0.2) is 29.8 Å². The number of rotatable bonds is 8. The number of nitrogens with zero attached hydrogens (tertiary/aromatic N) is 1. The number of benzene rings is 1. The topological polar surface area (TPSA) is 164 Å². The van der Waals surface area contributed by atoms with E-state index in [0.717, 1.165) is 11.3 Å². The van der Waals surface area contributed by atoms with E-state index in [2.05, 4.69) is 5.32 Å². The zero-order valence-corrected chi connectivity index (χ0v) is 17.7. The Labute approximate surface area is 184 Å². The van der Waals surface area contributed by atoms with Gasteiger partial charge in [0.15, 0.2) is 5.76 Å². The fourth-order valence-corrected chi connectivity index (χ4v) is 3.79. The molecule has 166 valence electrons. The largest absolute Gasteiger partial charge is 0.486 e. The van der Waals surface area contributed by atoms with Crippen LogP contribution in [-0.2, 0) is 11.3 Å². The second-order valence-electron chi connectivity index (χ2n) is 6.38. The first kappa shape index (κ1) is 22.5. The van der Waals surface area contributed by atoms with Crippen LogP contribution in [0, 0.1) is 17.0 Å². The first-order valence-electron chi connectivity index (χ1n) is 9.00. The van der Waals surface area contributed by atoms with Gasteiger partial charge in [0.2, 0.25) is 0 Å². The maximum absolute atomic E-state index is 12.6. The van der Waals surface area contributed by atoms with E-state index in [9.17, 15) is 24.5 Å². The first-order valence-corrected chi connectivity index (χ1v) is 9.81. The standard InChI is InChI=1S/C20H17N3O8S/c1-10-15(20(26)29-2)19(32-16(10)17(21)24)22-18(25)14-8-7-13(31-14)9-30-12-5-3-11(4-6-12)23(27)28/h3-8H,9H2,1-2H3,(H2,21,24)(H,22,25). The average Bonchev–Trinajstić information content (AvgIpc) is 3.36. The molecule has 0 aliphatic carbocycles. The number of primary amides is 1. The number of carbonyl (C=O) groups is 3. The summed E-state index contributed by atoms with van der Waals surface area (Å²) in [6.07, 6.45) is 0. The molecule has 0 unspecified atom stereocenters. The number of nitrogens with two attached hydrogens (primary N) is 1. The van der Waals surface area contributed by atoms with Crippen molar-refractivity contribution in [3.63, 3.8) is 0 Å². The van der Waals surface area contributed by atoms with Crippen LogP contribution in [0.15, 0.2) is 40.8 Å². The Balaban J connectivity index is 1.71. The van der Waals surface area contributed by atoms with Crippen molar-refractivity contribution in [1.82, 2.24) is 0 Å². The number of thiophene rings is 1. The van der Waals surface area contributed by atoms with Crippen molar-refractivity contribution in [3.05, 3.63) is 74.0 Å². The SMILES string of the molecule is COC(=O)c1c(NC(=O)c2ccc(COc3ccc([N+](=O)[O-])cc3)o2)sc(C(N)=O)c1C. The third kappa shape index (κ3) is 4.75. The highest BCUT2D eigenvalue weighted by Crippen LogP contribution is 2.34. The highest BCUT2D eigenvalue weighted by Gasteiger charge is 2.26. The maximum atomic E-state index is 12.6. The lowest BCUT2D eigenvalue weighted by Crippen LogP contribution is -2.14. The van der Waals surface area contributed by atoms with E-state index in [-0.39, 0.29) is 33.5 Å². The predicted octanol–water partition coefficient (Wildman–Crippen LogP) is 3.27. The summed E-state index contributed by atoms with van der Waals surface area (Å²) in [5.74, 6) is -1.47. The number of ether oxygens (including phenoxy) is 2. The Hall–Kier alpha value is -4.19. The maximum Gasteiger partial charge on any atom is 0.341 e. The summed E-state index contributed by atoms with van der Waals surface area (Å²) >= 11 is 0.857. The molecule has 0 radical (unpaired) electrons. The molecule has 32 heavy (non-hydrogen) atoms. The van der Waals surface area contributed by atoms with E-state index in [0.29, 0.717) is 17.1 Å². The summed E-state index contributed by atoms with van der Waals surface area (Å²) in [5, 5.41) is 13.3. The van der Waals surface area contributed by atoms with Gasteiger partial charge in [-0.05, 0) is 36.8 Å². The van der Waals surface area contributed by atoms with Crippen LogP contribution in [0.2, 0.25) is 0 Å². The molecule has 0 bridgehead atoms.